The van der Waals surface area contributed by atoms with Crippen molar-refractivity contribution < 1.29 is 4.79 Å². The van der Waals surface area contributed by atoms with Gasteiger partial charge in [0.15, 0.2) is 0 Å². The van der Waals surface area contributed by atoms with Crippen LogP contribution in [0.25, 0.3) is 16.7 Å². The molecule has 146 valence electrons. The number of para-hydroxylation sites is 1. The first-order valence-electron chi connectivity index (χ1n) is 9.35. The van der Waals surface area contributed by atoms with Crippen LogP contribution >= 0.6 is 0 Å². The van der Waals surface area contributed by atoms with Crippen LogP contribution in [-0.2, 0) is 17.9 Å². The van der Waals surface area contributed by atoms with Crippen LogP contribution in [0, 0.1) is 13.8 Å². The Morgan fingerprint density at radius 1 is 1.10 bits per heavy atom. The van der Waals surface area contributed by atoms with Crippen molar-refractivity contribution >= 4 is 16.9 Å². The molecular formula is C22H21N5O2. The lowest BCUT2D eigenvalue weighted by atomic mass is 10.1. The number of carbonyl (C=O) groups is 1. The van der Waals surface area contributed by atoms with Gasteiger partial charge in [0.25, 0.3) is 5.56 Å². The lowest BCUT2D eigenvalue weighted by Gasteiger charge is -2.12. The van der Waals surface area contributed by atoms with E-state index in [1.165, 1.54) is 4.57 Å². The summed E-state index contributed by atoms with van der Waals surface area (Å²) in [5.41, 5.74) is 3.77. The number of carbonyl (C=O) groups excluding carboxylic acids is 1. The molecule has 0 spiro atoms. The van der Waals surface area contributed by atoms with Crippen LogP contribution in [0.15, 0.2) is 65.7 Å². The quantitative estimate of drug-likeness (QED) is 0.570. The van der Waals surface area contributed by atoms with Crippen molar-refractivity contribution in [2.75, 3.05) is 0 Å². The average Bonchev–Trinajstić information content (AvgIpc) is 3.08. The number of rotatable bonds is 5. The fourth-order valence-electron chi connectivity index (χ4n) is 3.47. The predicted molar refractivity (Wildman–Crippen MR) is 111 cm³/mol. The standard InChI is InChI=1S/C22H21N5O2/c1-15-11-20(29)26(14-19(28)24-13-17-7-6-10-23-12-17)22-21(15)16(2)25-27(22)18-8-4-3-5-9-18/h3-12H,13-14H2,1-2H3,(H,24,28). The largest absolute Gasteiger partial charge is 0.350 e. The molecule has 0 fully saturated rings. The van der Waals surface area contributed by atoms with Crippen LogP contribution in [-0.4, -0.2) is 25.2 Å². The van der Waals surface area contributed by atoms with Crippen molar-refractivity contribution in [2.45, 2.75) is 26.9 Å². The highest BCUT2D eigenvalue weighted by Gasteiger charge is 2.18. The predicted octanol–water partition coefficient (Wildman–Crippen LogP) is 2.52. The Hall–Kier alpha value is -3.74. The summed E-state index contributed by atoms with van der Waals surface area (Å²) in [6.45, 7) is 4.06. The average molecular weight is 387 g/mol. The van der Waals surface area contributed by atoms with Gasteiger partial charge in [-0.05, 0) is 43.2 Å². The maximum Gasteiger partial charge on any atom is 0.252 e. The molecule has 1 aromatic carbocycles. The minimum atomic E-state index is -0.250. The Morgan fingerprint density at radius 2 is 1.90 bits per heavy atom. The third-order valence-electron chi connectivity index (χ3n) is 4.81. The fourth-order valence-corrected chi connectivity index (χ4v) is 3.47. The molecule has 29 heavy (non-hydrogen) atoms. The Morgan fingerprint density at radius 3 is 2.62 bits per heavy atom. The van der Waals surface area contributed by atoms with Crippen molar-refractivity contribution in [2.24, 2.45) is 0 Å². The van der Waals surface area contributed by atoms with E-state index < -0.39 is 0 Å². The van der Waals surface area contributed by atoms with Gasteiger partial charge in [-0.15, -0.1) is 0 Å². The van der Waals surface area contributed by atoms with Gasteiger partial charge in [-0.25, -0.2) is 4.68 Å². The molecule has 0 saturated carbocycles. The minimum absolute atomic E-state index is 0.0894. The number of pyridine rings is 2. The van der Waals surface area contributed by atoms with E-state index in [2.05, 4.69) is 15.4 Å². The maximum absolute atomic E-state index is 12.8. The molecule has 0 saturated heterocycles. The highest BCUT2D eigenvalue weighted by atomic mass is 16.2. The maximum atomic E-state index is 12.8. The zero-order chi connectivity index (χ0) is 20.4. The molecule has 0 radical (unpaired) electrons. The number of hydrogen-bond acceptors (Lipinski definition) is 4. The third kappa shape index (κ3) is 3.67. The summed E-state index contributed by atoms with van der Waals surface area (Å²) in [4.78, 5) is 29.4. The van der Waals surface area contributed by atoms with Gasteiger partial charge in [0.2, 0.25) is 5.91 Å². The lowest BCUT2D eigenvalue weighted by molar-refractivity contribution is -0.121. The first-order valence-corrected chi connectivity index (χ1v) is 9.35. The van der Waals surface area contributed by atoms with Crippen molar-refractivity contribution in [3.8, 4) is 5.69 Å². The van der Waals surface area contributed by atoms with E-state index in [9.17, 15) is 9.59 Å². The molecule has 1 amide bonds. The summed E-state index contributed by atoms with van der Waals surface area (Å²) in [5, 5.41) is 8.38. The summed E-state index contributed by atoms with van der Waals surface area (Å²) >= 11 is 0. The van der Waals surface area contributed by atoms with Crippen LogP contribution in [0.1, 0.15) is 16.8 Å². The van der Waals surface area contributed by atoms with E-state index in [4.69, 9.17) is 0 Å². The second-order valence-electron chi connectivity index (χ2n) is 6.92. The Balaban J connectivity index is 1.74. The van der Waals surface area contributed by atoms with E-state index >= 15 is 0 Å². The zero-order valence-electron chi connectivity index (χ0n) is 16.3. The molecule has 7 heteroatoms. The highest BCUT2D eigenvalue weighted by molar-refractivity contribution is 5.85. The molecule has 0 bridgehead atoms. The second kappa shape index (κ2) is 7.71. The normalized spacial score (nSPS) is 11.0. The number of aryl methyl sites for hydroxylation is 2. The van der Waals surface area contributed by atoms with Crippen molar-refractivity contribution in [3.63, 3.8) is 0 Å². The van der Waals surface area contributed by atoms with Gasteiger partial charge in [-0.2, -0.15) is 5.10 Å². The number of aromatic nitrogens is 4. The number of hydrogen-bond donors (Lipinski definition) is 1. The Kier molecular flexibility index (Phi) is 4.95. The molecule has 7 nitrogen and oxygen atoms in total. The molecule has 0 aliphatic heterocycles. The van der Waals surface area contributed by atoms with Gasteiger partial charge in [-0.3, -0.25) is 19.1 Å². The summed E-state index contributed by atoms with van der Waals surface area (Å²) in [7, 11) is 0. The first kappa shape index (κ1) is 18.6. The smallest absolute Gasteiger partial charge is 0.252 e. The van der Waals surface area contributed by atoms with E-state index in [1.54, 1.807) is 23.1 Å². The van der Waals surface area contributed by atoms with Crippen LogP contribution in [0.3, 0.4) is 0 Å². The molecule has 0 atom stereocenters. The van der Waals surface area contributed by atoms with Crippen LogP contribution in [0.2, 0.25) is 0 Å². The molecular weight excluding hydrogens is 366 g/mol. The number of benzene rings is 1. The molecule has 3 heterocycles. The third-order valence-corrected chi connectivity index (χ3v) is 4.81. The van der Waals surface area contributed by atoms with Crippen molar-refractivity contribution in [1.82, 2.24) is 24.6 Å². The molecule has 0 unspecified atom stereocenters. The molecule has 1 N–H and O–H groups in total. The molecule has 4 rings (SSSR count). The van der Waals surface area contributed by atoms with Crippen LogP contribution in [0.4, 0.5) is 0 Å². The highest BCUT2D eigenvalue weighted by Crippen LogP contribution is 2.23. The fraction of sp³-hybridized carbons (Fsp3) is 0.182. The number of nitrogens with zero attached hydrogens (tertiary/aromatic N) is 4. The molecule has 0 aliphatic rings. The monoisotopic (exact) mass is 387 g/mol. The van der Waals surface area contributed by atoms with E-state index in [0.717, 1.165) is 27.9 Å². The van der Waals surface area contributed by atoms with Gasteiger partial charge in [0.1, 0.15) is 12.2 Å². The minimum Gasteiger partial charge on any atom is -0.350 e. The lowest BCUT2D eigenvalue weighted by Crippen LogP contribution is -2.32. The van der Waals surface area contributed by atoms with Gasteiger partial charge in [0, 0.05) is 30.4 Å². The van der Waals surface area contributed by atoms with Gasteiger partial charge < -0.3 is 5.32 Å². The topological polar surface area (TPSA) is 81.8 Å². The SMILES string of the molecule is Cc1cc(=O)n(CC(=O)NCc2cccnc2)c2c1c(C)nn2-c1ccccc1. The summed E-state index contributed by atoms with van der Waals surface area (Å²) in [5.74, 6) is -0.250. The first-order chi connectivity index (χ1) is 14.0. The Labute approximate surface area is 167 Å². The molecule has 4 aromatic rings. The summed E-state index contributed by atoms with van der Waals surface area (Å²) < 4.78 is 3.21. The van der Waals surface area contributed by atoms with Crippen LogP contribution < -0.4 is 10.9 Å². The second-order valence-corrected chi connectivity index (χ2v) is 6.92. The van der Waals surface area contributed by atoms with Gasteiger partial charge in [-0.1, -0.05) is 24.3 Å². The summed E-state index contributed by atoms with van der Waals surface area (Å²) in [6, 6.07) is 14.9. The Bertz CT molecular complexity index is 1230. The number of nitrogens with one attached hydrogen (secondary N) is 1. The van der Waals surface area contributed by atoms with Gasteiger partial charge >= 0.3 is 0 Å². The van der Waals surface area contributed by atoms with Crippen LogP contribution in [0.5, 0.6) is 0 Å². The van der Waals surface area contributed by atoms with Gasteiger partial charge in [0.05, 0.1) is 11.4 Å². The molecule has 0 aliphatic carbocycles. The van der Waals surface area contributed by atoms with E-state index in [0.29, 0.717) is 12.2 Å². The zero-order valence-corrected chi connectivity index (χ0v) is 16.3. The van der Waals surface area contributed by atoms with Crippen molar-refractivity contribution in [3.05, 3.63) is 88.1 Å². The molecule has 3 aromatic heterocycles. The van der Waals surface area contributed by atoms with E-state index in [1.807, 2.05) is 56.3 Å². The summed E-state index contributed by atoms with van der Waals surface area (Å²) in [6.07, 6.45) is 3.38. The van der Waals surface area contributed by atoms with E-state index in [-0.39, 0.29) is 18.0 Å². The number of amides is 1. The number of fused-ring (bicyclic) bond motifs is 1. The van der Waals surface area contributed by atoms with Crippen molar-refractivity contribution in [1.29, 1.82) is 0 Å².